The molecule has 0 saturated carbocycles. The molecule has 0 aliphatic heterocycles. The molecule has 0 radical (unpaired) electrons. The van der Waals surface area contributed by atoms with Crippen molar-refractivity contribution in [3.63, 3.8) is 0 Å². The van der Waals surface area contributed by atoms with E-state index in [4.69, 9.17) is 4.74 Å². The second kappa shape index (κ2) is 7.67. The molecule has 1 N–H and O–H groups in total. The fraction of sp³-hybridized carbons (Fsp3) is 0.588. The lowest BCUT2D eigenvalue weighted by Gasteiger charge is -2.22. The highest BCUT2D eigenvalue weighted by molar-refractivity contribution is 5.77. The largest absolute Gasteiger partial charge is 0.464 e. The summed E-state index contributed by atoms with van der Waals surface area (Å²) in [6.07, 6.45) is 3.35. The third kappa shape index (κ3) is 4.27. The van der Waals surface area contributed by atoms with Crippen LogP contribution in [0.2, 0.25) is 0 Å². The lowest BCUT2D eigenvalue weighted by molar-refractivity contribution is -0.152. The molecule has 142 valence electrons. The van der Waals surface area contributed by atoms with Gasteiger partial charge in [0.25, 0.3) is 0 Å². The van der Waals surface area contributed by atoms with E-state index in [1.54, 1.807) is 37.8 Å². The minimum absolute atomic E-state index is 0.169. The first-order chi connectivity index (χ1) is 12.1. The van der Waals surface area contributed by atoms with Crippen LogP contribution < -0.4 is 10.2 Å². The number of carbonyl (C=O) groups excluding carboxylic acids is 1. The number of nitrogens with one attached hydrogen (secondary N) is 1. The van der Waals surface area contributed by atoms with E-state index in [2.05, 4.69) is 25.4 Å². The Bertz CT molecular complexity index is 742. The molecule has 2 aromatic rings. The Balaban J connectivity index is 2.27. The average molecular weight is 361 g/mol. The standard InChI is InChI=1S/C17H27N7O2/c1-8-26-14(25)17(4,5)24-10-12(9-18-24)19-15-20-13(11(2)3)21-16(22-15)23(6)7/h9-11H,8H2,1-7H3,(H,19,20,21,22). The Morgan fingerprint density at radius 2 is 2.00 bits per heavy atom. The number of esters is 1. The first kappa shape index (κ1) is 19.6. The van der Waals surface area contributed by atoms with Gasteiger partial charge in [0.15, 0.2) is 5.54 Å². The van der Waals surface area contributed by atoms with E-state index in [1.165, 1.54) is 0 Å². The summed E-state index contributed by atoms with van der Waals surface area (Å²) in [7, 11) is 3.76. The van der Waals surface area contributed by atoms with Gasteiger partial charge in [-0.3, -0.25) is 4.68 Å². The van der Waals surface area contributed by atoms with Crippen LogP contribution in [0.5, 0.6) is 0 Å². The summed E-state index contributed by atoms with van der Waals surface area (Å²) < 4.78 is 6.67. The Labute approximate surface area is 153 Å². The normalized spacial score (nSPS) is 11.5. The highest BCUT2D eigenvalue weighted by Crippen LogP contribution is 2.22. The van der Waals surface area contributed by atoms with Gasteiger partial charge in [0.05, 0.1) is 18.5 Å². The molecule has 0 amide bonds. The molecular weight excluding hydrogens is 334 g/mol. The molecule has 0 aliphatic carbocycles. The van der Waals surface area contributed by atoms with Crippen LogP contribution in [0.1, 0.15) is 46.4 Å². The lowest BCUT2D eigenvalue weighted by atomic mass is 10.1. The Morgan fingerprint density at radius 3 is 2.58 bits per heavy atom. The van der Waals surface area contributed by atoms with Crippen molar-refractivity contribution in [2.24, 2.45) is 0 Å². The van der Waals surface area contributed by atoms with Gasteiger partial charge in [-0.25, -0.2) is 4.79 Å². The van der Waals surface area contributed by atoms with Crippen molar-refractivity contribution in [2.75, 3.05) is 30.9 Å². The van der Waals surface area contributed by atoms with Crippen molar-refractivity contribution in [2.45, 2.75) is 46.1 Å². The summed E-state index contributed by atoms with van der Waals surface area (Å²) in [6.45, 7) is 9.67. The number of carbonyl (C=O) groups is 1. The number of hydrogen-bond acceptors (Lipinski definition) is 8. The zero-order valence-electron chi connectivity index (χ0n) is 16.4. The predicted molar refractivity (Wildman–Crippen MR) is 99.7 cm³/mol. The second-order valence-electron chi connectivity index (χ2n) is 6.94. The van der Waals surface area contributed by atoms with E-state index >= 15 is 0 Å². The minimum Gasteiger partial charge on any atom is -0.464 e. The SMILES string of the molecule is CCOC(=O)C(C)(C)n1cc(Nc2nc(C(C)C)nc(N(C)C)n2)cn1. The predicted octanol–water partition coefficient (Wildman–Crippen LogP) is 2.30. The topological polar surface area (TPSA) is 98.1 Å². The van der Waals surface area contributed by atoms with Crippen LogP contribution in [0.4, 0.5) is 17.6 Å². The summed E-state index contributed by atoms with van der Waals surface area (Å²) >= 11 is 0. The van der Waals surface area contributed by atoms with E-state index in [-0.39, 0.29) is 11.9 Å². The molecule has 0 aromatic carbocycles. The second-order valence-corrected chi connectivity index (χ2v) is 6.94. The van der Waals surface area contributed by atoms with Crippen molar-refractivity contribution in [3.05, 3.63) is 18.2 Å². The molecule has 0 atom stereocenters. The molecule has 2 rings (SSSR count). The van der Waals surface area contributed by atoms with E-state index in [0.717, 1.165) is 0 Å². The maximum atomic E-state index is 12.1. The minimum atomic E-state index is -0.910. The highest BCUT2D eigenvalue weighted by atomic mass is 16.5. The van der Waals surface area contributed by atoms with Gasteiger partial charge in [0.2, 0.25) is 11.9 Å². The number of anilines is 3. The van der Waals surface area contributed by atoms with Crippen molar-refractivity contribution >= 4 is 23.6 Å². The Hall–Kier alpha value is -2.71. The fourth-order valence-corrected chi connectivity index (χ4v) is 2.12. The van der Waals surface area contributed by atoms with Crippen LogP contribution in [-0.4, -0.2) is 51.4 Å². The summed E-state index contributed by atoms with van der Waals surface area (Å²) in [5, 5.41) is 7.41. The van der Waals surface area contributed by atoms with Crippen molar-refractivity contribution in [1.82, 2.24) is 24.7 Å². The van der Waals surface area contributed by atoms with E-state index in [1.807, 2.05) is 32.8 Å². The van der Waals surface area contributed by atoms with E-state index in [0.29, 0.717) is 30.0 Å². The smallest absolute Gasteiger partial charge is 0.333 e. The molecule has 26 heavy (non-hydrogen) atoms. The first-order valence-corrected chi connectivity index (χ1v) is 8.57. The van der Waals surface area contributed by atoms with E-state index < -0.39 is 5.54 Å². The molecule has 0 unspecified atom stereocenters. The summed E-state index contributed by atoms with van der Waals surface area (Å²) in [5.41, 5.74) is -0.236. The zero-order chi connectivity index (χ0) is 19.5. The van der Waals surface area contributed by atoms with Gasteiger partial charge in [-0.2, -0.15) is 20.1 Å². The molecule has 0 bridgehead atoms. The molecular formula is C17H27N7O2. The summed E-state index contributed by atoms with van der Waals surface area (Å²) in [6, 6.07) is 0. The van der Waals surface area contributed by atoms with Crippen molar-refractivity contribution in [3.8, 4) is 0 Å². The average Bonchev–Trinajstić information content (AvgIpc) is 3.03. The number of hydrogen-bond donors (Lipinski definition) is 1. The molecule has 0 aliphatic rings. The molecule has 9 nitrogen and oxygen atoms in total. The van der Waals surface area contributed by atoms with Gasteiger partial charge in [-0.15, -0.1) is 0 Å². The first-order valence-electron chi connectivity index (χ1n) is 8.57. The lowest BCUT2D eigenvalue weighted by Crippen LogP contribution is -2.37. The Kier molecular flexibility index (Phi) is 5.79. The third-order valence-corrected chi connectivity index (χ3v) is 3.74. The monoisotopic (exact) mass is 361 g/mol. The van der Waals surface area contributed by atoms with Crippen LogP contribution in [0.3, 0.4) is 0 Å². The third-order valence-electron chi connectivity index (χ3n) is 3.74. The number of rotatable bonds is 7. The quantitative estimate of drug-likeness (QED) is 0.750. The van der Waals surface area contributed by atoms with Crippen molar-refractivity contribution in [1.29, 1.82) is 0 Å². The van der Waals surface area contributed by atoms with E-state index in [9.17, 15) is 4.79 Å². The summed E-state index contributed by atoms with van der Waals surface area (Å²) in [5.74, 6) is 1.53. The molecule has 0 saturated heterocycles. The van der Waals surface area contributed by atoms with Crippen LogP contribution in [0, 0.1) is 0 Å². The number of nitrogens with zero attached hydrogens (tertiary/aromatic N) is 6. The van der Waals surface area contributed by atoms with Gasteiger partial charge in [-0.1, -0.05) is 13.8 Å². The van der Waals surface area contributed by atoms with Gasteiger partial charge < -0.3 is 15.0 Å². The van der Waals surface area contributed by atoms with Crippen LogP contribution in [-0.2, 0) is 15.1 Å². The summed E-state index contributed by atoms with van der Waals surface area (Å²) in [4.78, 5) is 27.3. The van der Waals surface area contributed by atoms with Crippen LogP contribution in [0.25, 0.3) is 0 Å². The fourth-order valence-electron chi connectivity index (χ4n) is 2.12. The number of ether oxygens (including phenoxy) is 1. The van der Waals surface area contributed by atoms with Crippen LogP contribution >= 0.6 is 0 Å². The van der Waals surface area contributed by atoms with Crippen LogP contribution in [0.15, 0.2) is 12.4 Å². The Morgan fingerprint density at radius 1 is 1.31 bits per heavy atom. The maximum Gasteiger partial charge on any atom is 0.333 e. The maximum absolute atomic E-state index is 12.1. The zero-order valence-corrected chi connectivity index (χ0v) is 16.4. The molecule has 2 heterocycles. The number of aromatic nitrogens is 5. The van der Waals surface area contributed by atoms with Gasteiger partial charge in [0.1, 0.15) is 5.82 Å². The molecule has 2 aromatic heterocycles. The molecule has 0 spiro atoms. The molecule has 9 heteroatoms. The van der Waals surface area contributed by atoms with Gasteiger partial charge in [-0.05, 0) is 20.8 Å². The van der Waals surface area contributed by atoms with Crippen molar-refractivity contribution < 1.29 is 9.53 Å². The highest BCUT2D eigenvalue weighted by Gasteiger charge is 2.32. The molecule has 0 fully saturated rings. The van der Waals surface area contributed by atoms with Gasteiger partial charge >= 0.3 is 5.97 Å². The van der Waals surface area contributed by atoms with Gasteiger partial charge in [0, 0.05) is 26.2 Å².